The summed E-state index contributed by atoms with van der Waals surface area (Å²) in [4.78, 5) is 165. The van der Waals surface area contributed by atoms with Crippen molar-refractivity contribution in [2.75, 3.05) is 84.1 Å². The normalized spacial score (nSPS) is 28.0. The molecule has 4 saturated heterocycles. The SMILES string of the molecule is CCC1OC(OCCCCCCNC(=O)CN(CC(=O)NCCCCCCOC2OC(CC)C(C)C(C)C2NC(C)=O)C(=O)c2cc(NC(=O)C3CCC(C(=O)O)CC3)cc(C(=O)N(CC(=O)NCCCCCCOC3OC(CC)C(C)C(C)C3NC(C)=O)CC(=O)NCCCCCCOC3OC(CC)C(C)C(C)C3NC(C)=O)c2)C(NC(C)=O)C(C)C1C. The Morgan fingerprint density at radius 3 is 0.823 bits per heavy atom. The number of carbonyl (C=O) groups excluding carboxylic acids is 11. The molecule has 1 saturated carbocycles. The van der Waals surface area contributed by atoms with Gasteiger partial charge >= 0.3 is 5.97 Å². The Kier molecular flexibility index (Phi) is 47.0. The second kappa shape index (κ2) is 55.3. The molecule has 1 aromatic carbocycles. The highest BCUT2D eigenvalue weighted by molar-refractivity contribution is 6.06. The van der Waals surface area contributed by atoms with E-state index in [1.165, 1.54) is 45.9 Å². The fourth-order valence-corrected chi connectivity index (χ4v) is 17.9. The van der Waals surface area contributed by atoms with Crippen LogP contribution in [0.25, 0.3) is 0 Å². The number of carboxylic acids is 1. The first-order chi connectivity index (χ1) is 59.2. The van der Waals surface area contributed by atoms with E-state index in [0.717, 1.165) is 61.2 Å². The maximum atomic E-state index is 15.4. The summed E-state index contributed by atoms with van der Waals surface area (Å²) < 4.78 is 50.3. The Morgan fingerprint density at radius 1 is 0.347 bits per heavy atom. The summed E-state index contributed by atoms with van der Waals surface area (Å²) in [7, 11) is 0. The lowest BCUT2D eigenvalue weighted by Crippen LogP contribution is -2.57. The van der Waals surface area contributed by atoms with Gasteiger partial charge in [-0.25, -0.2) is 0 Å². The lowest BCUT2D eigenvalue weighted by atomic mass is 9.81. The predicted octanol–water partition coefficient (Wildman–Crippen LogP) is 9.82. The zero-order valence-corrected chi connectivity index (χ0v) is 77.4. The van der Waals surface area contributed by atoms with E-state index < -0.39 is 110 Å². The van der Waals surface area contributed by atoms with Gasteiger partial charge in [0.25, 0.3) is 11.8 Å². The second-order valence-electron chi connectivity index (χ2n) is 35.6. The molecule has 20 unspecified atom stereocenters. The number of hydrogen-bond donors (Lipinski definition) is 10. The van der Waals surface area contributed by atoms with Crippen LogP contribution in [0, 0.1) is 59.2 Å². The van der Waals surface area contributed by atoms with Crippen LogP contribution in [0.4, 0.5) is 5.69 Å². The van der Waals surface area contributed by atoms with E-state index in [4.69, 9.17) is 37.9 Å². The Balaban J connectivity index is 1.19. The Morgan fingerprint density at radius 2 is 0.589 bits per heavy atom. The summed E-state index contributed by atoms with van der Waals surface area (Å²) in [5.41, 5.74) is -0.477. The third kappa shape index (κ3) is 34.6. The minimum atomic E-state index is -0.963. The van der Waals surface area contributed by atoms with Gasteiger partial charge in [0.1, 0.15) is 26.2 Å². The Bertz CT molecular complexity index is 3160. The van der Waals surface area contributed by atoms with Crippen molar-refractivity contribution in [2.45, 2.75) is 339 Å². The average molecular weight is 1750 g/mol. The van der Waals surface area contributed by atoms with Gasteiger partial charge in [-0.3, -0.25) is 57.5 Å². The molecule has 20 atom stereocenters. The minimum absolute atomic E-state index is 0.0194. The van der Waals surface area contributed by atoms with Gasteiger partial charge in [0.2, 0.25) is 53.2 Å². The summed E-state index contributed by atoms with van der Waals surface area (Å²) in [6, 6.07) is 2.66. The number of ether oxygens (including phenoxy) is 8. The second-order valence-corrected chi connectivity index (χ2v) is 35.6. The monoisotopic (exact) mass is 1750 g/mol. The lowest BCUT2D eigenvalue weighted by molar-refractivity contribution is -0.236. The fraction of sp³-hybridized carbons (Fsp3) is 0.804. The number of benzene rings is 1. The first kappa shape index (κ1) is 105. The molecule has 6 rings (SSSR count). The van der Waals surface area contributed by atoms with E-state index in [9.17, 15) is 53.1 Å². The lowest BCUT2D eigenvalue weighted by Gasteiger charge is -2.44. The van der Waals surface area contributed by atoms with Crippen LogP contribution >= 0.6 is 0 Å². The van der Waals surface area contributed by atoms with E-state index >= 15 is 9.59 Å². The summed E-state index contributed by atoms with van der Waals surface area (Å²) in [5.74, 6) is -6.17. The first-order valence-electron chi connectivity index (χ1n) is 46.7. The molecule has 5 fully saturated rings. The maximum absolute atomic E-state index is 15.4. The van der Waals surface area contributed by atoms with Crippen LogP contribution in [-0.4, -0.2) is 238 Å². The molecule has 5 aliphatic rings. The largest absolute Gasteiger partial charge is 0.481 e. The molecule has 1 aliphatic carbocycles. The van der Waals surface area contributed by atoms with Crippen LogP contribution in [0.1, 0.15) is 286 Å². The number of hydrogen-bond acceptors (Lipinski definition) is 20. The number of carbonyl (C=O) groups is 12. The van der Waals surface area contributed by atoms with Gasteiger partial charge < -0.3 is 101 Å². The molecule has 32 heteroatoms. The summed E-state index contributed by atoms with van der Waals surface area (Å²) in [5, 5.41) is 36.4. The zero-order valence-electron chi connectivity index (χ0n) is 77.4. The number of unbranched alkanes of at least 4 members (excludes halogenated alkanes) is 12. The van der Waals surface area contributed by atoms with Gasteiger partial charge in [-0.2, -0.15) is 0 Å². The summed E-state index contributed by atoms with van der Waals surface area (Å²) in [6.45, 7) is 31.0. The molecule has 0 aromatic heterocycles. The molecule has 4 heterocycles. The summed E-state index contributed by atoms with van der Waals surface area (Å²) >= 11 is 0. The molecule has 0 radical (unpaired) electrons. The van der Waals surface area contributed by atoms with Crippen molar-refractivity contribution < 1.29 is 101 Å². The van der Waals surface area contributed by atoms with Crippen molar-refractivity contribution in [3.63, 3.8) is 0 Å². The van der Waals surface area contributed by atoms with E-state index in [-0.39, 0.29) is 188 Å². The highest BCUT2D eigenvalue weighted by Crippen LogP contribution is 2.38. The number of aliphatic carboxylic acids is 1. The molecule has 704 valence electrons. The summed E-state index contributed by atoms with van der Waals surface area (Å²) in [6.07, 6.45) is 12.3. The molecular weight excluding hydrogens is 1600 g/mol. The van der Waals surface area contributed by atoms with E-state index in [1.807, 2.05) is 0 Å². The van der Waals surface area contributed by atoms with E-state index in [0.29, 0.717) is 103 Å². The smallest absolute Gasteiger partial charge is 0.306 e. The molecule has 0 bridgehead atoms. The maximum Gasteiger partial charge on any atom is 0.306 e. The molecule has 1 aromatic rings. The third-order valence-electron chi connectivity index (χ3n) is 26.2. The van der Waals surface area contributed by atoms with Gasteiger partial charge in [-0.15, -0.1) is 0 Å². The van der Waals surface area contributed by atoms with E-state index in [1.54, 1.807) is 0 Å². The van der Waals surface area contributed by atoms with Gasteiger partial charge in [-0.1, -0.05) is 134 Å². The number of nitrogens with zero attached hydrogens (tertiary/aromatic N) is 2. The first-order valence-corrected chi connectivity index (χ1v) is 46.7. The van der Waals surface area contributed by atoms with Gasteiger partial charge in [0.15, 0.2) is 25.2 Å². The highest BCUT2D eigenvalue weighted by Gasteiger charge is 2.46. The number of amides is 11. The molecule has 124 heavy (non-hydrogen) atoms. The van der Waals surface area contributed by atoms with E-state index in [2.05, 4.69) is 131 Å². The molecular formula is C92H155N11O21. The molecule has 4 aliphatic heterocycles. The number of rotatable bonds is 53. The van der Waals surface area contributed by atoms with Gasteiger partial charge in [-0.05, 0) is 168 Å². The number of nitrogens with one attached hydrogen (secondary N) is 9. The van der Waals surface area contributed by atoms with Crippen LogP contribution in [0.5, 0.6) is 0 Å². The fourth-order valence-electron chi connectivity index (χ4n) is 17.9. The quantitative estimate of drug-likeness (QED) is 0.0271. The van der Waals surface area contributed by atoms with Gasteiger partial charge in [0.05, 0.1) is 54.5 Å². The predicted molar refractivity (Wildman–Crippen MR) is 469 cm³/mol. The molecule has 11 amide bonds. The average Bonchev–Trinajstić information content (AvgIpc) is 0.827. The minimum Gasteiger partial charge on any atom is -0.481 e. The molecule has 10 N–H and O–H groups in total. The van der Waals surface area contributed by atoms with Crippen molar-refractivity contribution in [3.05, 3.63) is 29.3 Å². The highest BCUT2D eigenvalue weighted by atomic mass is 16.7. The van der Waals surface area contributed by atoms with Crippen molar-refractivity contribution in [2.24, 2.45) is 59.2 Å². The van der Waals surface area contributed by atoms with Crippen LogP contribution < -0.4 is 47.9 Å². The third-order valence-corrected chi connectivity index (χ3v) is 26.2. The van der Waals surface area contributed by atoms with Crippen molar-refractivity contribution >= 4 is 76.6 Å². The van der Waals surface area contributed by atoms with Crippen LogP contribution in [-0.2, 0) is 85.8 Å². The topological polar surface area (TPSA) is 414 Å². The van der Waals surface area contributed by atoms with Crippen LogP contribution in [0.3, 0.4) is 0 Å². The van der Waals surface area contributed by atoms with Crippen LogP contribution in [0.15, 0.2) is 18.2 Å². The molecule has 32 nitrogen and oxygen atoms in total. The van der Waals surface area contributed by atoms with Crippen molar-refractivity contribution in [1.29, 1.82) is 0 Å². The van der Waals surface area contributed by atoms with Crippen molar-refractivity contribution in [3.8, 4) is 0 Å². The standard InChI is InChI=1S/C92H155N11O21/c1-17-73-56(5)60(9)81(97-64(13)104)89(121-73)117-45-33-25-21-29-41-93-77(108)52-102(53-78(109)94-42-30-22-26-34-46-118-90-82(98-65(14)105)61(10)57(6)74(18-2)122-90)86(113)70-49-71(51-72(50-70)101-85(112)68-37-39-69(40-38-68)88(115)116)87(114)103(54-79(110)95-43-31-23-27-35-47-119-91-83(99-66(15)106)62(11)58(7)75(19-3)123-91)55-80(111)96-44-32-24-28-36-48-120-92-84(100-67(16)107)63(12)59(8)76(20-4)124-92/h49-51,56-63,68-69,73-76,81-84,89-92H,17-48,52-55H2,1-16H3,(H,93,108)(H,94,109)(H,95,110)(H,96,111)(H,97,104)(H,98,105)(H,99,106)(H,100,107)(H,101,112)(H,115,116). The van der Waals surface area contributed by atoms with Gasteiger partial charge in [0, 0.05) is 103 Å². The number of anilines is 1. The molecule has 0 spiro atoms. The Hall–Kier alpha value is -7.46. The van der Waals surface area contributed by atoms with Crippen LogP contribution in [0.2, 0.25) is 0 Å². The number of carboxylic acid groups (broad SMARTS) is 1. The zero-order chi connectivity index (χ0) is 91.1. The van der Waals surface area contributed by atoms with Crippen molar-refractivity contribution in [1.82, 2.24) is 52.3 Å². The Labute approximate surface area is 737 Å².